The molecule has 0 atom stereocenters. The summed E-state index contributed by atoms with van der Waals surface area (Å²) in [5.41, 5.74) is 0.308. The maximum Gasteiger partial charge on any atom is 0.331 e. The van der Waals surface area contributed by atoms with Crippen molar-refractivity contribution in [3.05, 3.63) is 24.3 Å². The van der Waals surface area contributed by atoms with Gasteiger partial charge in [0.05, 0.1) is 13.7 Å². The maximum atomic E-state index is 12.5. The third-order valence-corrected chi connectivity index (χ3v) is 4.08. The number of ether oxygens (including phenoxy) is 2. The van der Waals surface area contributed by atoms with Gasteiger partial charge in [-0.1, -0.05) is 31.7 Å². The SMILES string of the molecule is CCOC(=O)C1(Nc2cccc(OC)c2)CCCCCC1. The number of methoxy groups -OCH3 is 1. The highest BCUT2D eigenvalue weighted by Gasteiger charge is 2.40. The molecule has 4 heteroatoms. The molecule has 0 heterocycles. The smallest absolute Gasteiger partial charge is 0.331 e. The van der Waals surface area contributed by atoms with Crippen molar-refractivity contribution in [3.63, 3.8) is 0 Å². The molecule has 0 aromatic heterocycles. The molecule has 21 heavy (non-hydrogen) atoms. The van der Waals surface area contributed by atoms with Crippen LogP contribution in [0.4, 0.5) is 5.69 Å². The molecule has 4 nitrogen and oxygen atoms in total. The number of esters is 1. The van der Waals surface area contributed by atoms with Crippen molar-refractivity contribution < 1.29 is 14.3 Å². The molecule has 1 aromatic carbocycles. The Balaban J connectivity index is 2.23. The predicted molar refractivity (Wildman–Crippen MR) is 83.7 cm³/mol. The molecule has 0 unspecified atom stereocenters. The summed E-state index contributed by atoms with van der Waals surface area (Å²) in [4.78, 5) is 12.5. The second kappa shape index (κ2) is 7.34. The number of hydrogen-bond donors (Lipinski definition) is 1. The van der Waals surface area contributed by atoms with Crippen LogP contribution in [0.15, 0.2) is 24.3 Å². The number of nitrogens with one attached hydrogen (secondary N) is 1. The summed E-state index contributed by atoms with van der Waals surface area (Å²) in [6.07, 6.45) is 6.11. The van der Waals surface area contributed by atoms with Crippen LogP contribution in [-0.4, -0.2) is 25.2 Å². The zero-order valence-electron chi connectivity index (χ0n) is 13.0. The monoisotopic (exact) mass is 291 g/mol. The molecule has 0 amide bonds. The molecule has 0 spiro atoms. The normalized spacial score (nSPS) is 17.6. The average molecular weight is 291 g/mol. The van der Waals surface area contributed by atoms with Gasteiger partial charge in [-0.05, 0) is 31.9 Å². The van der Waals surface area contributed by atoms with Gasteiger partial charge in [0.2, 0.25) is 0 Å². The number of anilines is 1. The van der Waals surface area contributed by atoms with Crippen LogP contribution in [-0.2, 0) is 9.53 Å². The van der Waals surface area contributed by atoms with E-state index >= 15 is 0 Å². The van der Waals surface area contributed by atoms with Crippen LogP contribution in [0.3, 0.4) is 0 Å². The highest BCUT2D eigenvalue weighted by molar-refractivity contribution is 5.84. The van der Waals surface area contributed by atoms with Crippen molar-refractivity contribution in [3.8, 4) is 5.75 Å². The van der Waals surface area contributed by atoms with Crippen molar-refractivity contribution in [2.24, 2.45) is 0 Å². The minimum Gasteiger partial charge on any atom is -0.497 e. The third kappa shape index (κ3) is 3.90. The first-order valence-corrected chi connectivity index (χ1v) is 7.79. The molecule has 1 aromatic rings. The zero-order valence-corrected chi connectivity index (χ0v) is 13.0. The Labute approximate surface area is 126 Å². The van der Waals surface area contributed by atoms with Crippen molar-refractivity contribution in [2.75, 3.05) is 19.0 Å². The molecule has 0 radical (unpaired) electrons. The topological polar surface area (TPSA) is 47.6 Å². The fraction of sp³-hybridized carbons (Fsp3) is 0.588. The molecule has 116 valence electrons. The summed E-state index contributed by atoms with van der Waals surface area (Å²) in [5.74, 6) is 0.655. The molecule has 0 saturated heterocycles. The second-order valence-electron chi connectivity index (χ2n) is 5.57. The van der Waals surface area contributed by atoms with Gasteiger partial charge in [0, 0.05) is 11.8 Å². The van der Waals surface area contributed by atoms with E-state index in [2.05, 4.69) is 5.32 Å². The molecule has 1 N–H and O–H groups in total. The van der Waals surface area contributed by atoms with Gasteiger partial charge < -0.3 is 14.8 Å². The summed E-state index contributed by atoms with van der Waals surface area (Å²) in [6.45, 7) is 2.27. The molecule has 2 rings (SSSR count). The van der Waals surface area contributed by atoms with Gasteiger partial charge in [0.25, 0.3) is 0 Å². The first-order chi connectivity index (χ1) is 10.2. The minimum atomic E-state index is -0.598. The standard InChI is InChI=1S/C17H25NO3/c1-3-21-16(19)17(11-6-4-5-7-12-17)18-14-9-8-10-15(13-14)20-2/h8-10,13,18H,3-7,11-12H2,1-2H3. The maximum absolute atomic E-state index is 12.5. The first-order valence-electron chi connectivity index (χ1n) is 7.79. The van der Waals surface area contributed by atoms with Gasteiger partial charge in [-0.2, -0.15) is 0 Å². The van der Waals surface area contributed by atoms with Gasteiger partial charge in [-0.15, -0.1) is 0 Å². The number of carbonyl (C=O) groups is 1. The van der Waals surface area contributed by atoms with Crippen LogP contribution in [0, 0.1) is 0 Å². The lowest BCUT2D eigenvalue weighted by Crippen LogP contribution is -2.47. The van der Waals surface area contributed by atoms with Crippen LogP contribution in [0.2, 0.25) is 0 Å². The number of hydrogen-bond acceptors (Lipinski definition) is 4. The van der Waals surface area contributed by atoms with Crippen LogP contribution < -0.4 is 10.1 Å². The molecular weight excluding hydrogens is 266 g/mol. The van der Waals surface area contributed by atoms with Crippen LogP contribution in [0.25, 0.3) is 0 Å². The highest BCUT2D eigenvalue weighted by Crippen LogP contribution is 2.32. The largest absolute Gasteiger partial charge is 0.497 e. The summed E-state index contributed by atoms with van der Waals surface area (Å²) >= 11 is 0. The molecule has 0 aliphatic heterocycles. The van der Waals surface area contributed by atoms with Crippen LogP contribution in [0.1, 0.15) is 45.4 Å². The van der Waals surface area contributed by atoms with Gasteiger partial charge in [-0.3, -0.25) is 0 Å². The molecule has 1 fully saturated rings. The fourth-order valence-electron chi connectivity index (χ4n) is 2.96. The molecule has 1 saturated carbocycles. The summed E-state index contributed by atoms with van der Waals surface area (Å²) in [5, 5.41) is 3.44. The van der Waals surface area contributed by atoms with E-state index in [1.54, 1.807) is 7.11 Å². The average Bonchev–Trinajstić information content (AvgIpc) is 2.74. The molecule has 0 bridgehead atoms. The van der Waals surface area contributed by atoms with E-state index in [9.17, 15) is 4.79 Å². The van der Waals surface area contributed by atoms with Crippen molar-refractivity contribution in [2.45, 2.75) is 51.0 Å². The Kier molecular flexibility index (Phi) is 5.48. The number of carbonyl (C=O) groups excluding carboxylic acids is 1. The van der Waals surface area contributed by atoms with E-state index in [-0.39, 0.29) is 5.97 Å². The fourth-order valence-corrected chi connectivity index (χ4v) is 2.96. The van der Waals surface area contributed by atoms with E-state index in [0.717, 1.165) is 37.1 Å². The number of benzene rings is 1. The molecule has 1 aliphatic rings. The lowest BCUT2D eigenvalue weighted by molar-refractivity contribution is -0.149. The Morgan fingerprint density at radius 1 is 1.24 bits per heavy atom. The lowest BCUT2D eigenvalue weighted by atomic mass is 9.89. The first kappa shape index (κ1) is 15.7. The van der Waals surface area contributed by atoms with Gasteiger partial charge in [0.15, 0.2) is 0 Å². The summed E-state index contributed by atoms with van der Waals surface area (Å²) in [7, 11) is 1.64. The lowest BCUT2D eigenvalue weighted by Gasteiger charge is -2.32. The summed E-state index contributed by atoms with van der Waals surface area (Å²) in [6, 6.07) is 7.71. The Bertz CT molecular complexity index is 465. The Morgan fingerprint density at radius 2 is 1.95 bits per heavy atom. The van der Waals surface area contributed by atoms with E-state index in [1.165, 1.54) is 12.8 Å². The van der Waals surface area contributed by atoms with E-state index in [1.807, 2.05) is 31.2 Å². The minimum absolute atomic E-state index is 0.130. The van der Waals surface area contributed by atoms with Gasteiger partial charge >= 0.3 is 5.97 Å². The van der Waals surface area contributed by atoms with E-state index in [0.29, 0.717) is 6.61 Å². The molecular formula is C17H25NO3. The second-order valence-corrected chi connectivity index (χ2v) is 5.57. The zero-order chi connectivity index (χ0) is 15.1. The van der Waals surface area contributed by atoms with Crippen LogP contribution in [0.5, 0.6) is 5.75 Å². The van der Waals surface area contributed by atoms with Crippen molar-refractivity contribution in [1.82, 2.24) is 0 Å². The Morgan fingerprint density at radius 3 is 2.57 bits per heavy atom. The van der Waals surface area contributed by atoms with Crippen molar-refractivity contribution in [1.29, 1.82) is 0 Å². The molecule has 1 aliphatic carbocycles. The van der Waals surface area contributed by atoms with E-state index in [4.69, 9.17) is 9.47 Å². The van der Waals surface area contributed by atoms with Crippen LogP contribution >= 0.6 is 0 Å². The quantitative estimate of drug-likeness (QED) is 0.663. The summed E-state index contributed by atoms with van der Waals surface area (Å²) < 4.78 is 10.6. The predicted octanol–water partition coefficient (Wildman–Crippen LogP) is 3.76. The van der Waals surface area contributed by atoms with E-state index < -0.39 is 5.54 Å². The Hall–Kier alpha value is -1.71. The number of rotatable bonds is 5. The van der Waals surface area contributed by atoms with Gasteiger partial charge in [0.1, 0.15) is 11.3 Å². The van der Waals surface area contributed by atoms with Gasteiger partial charge in [-0.25, -0.2) is 4.79 Å². The van der Waals surface area contributed by atoms with Crippen molar-refractivity contribution >= 4 is 11.7 Å². The third-order valence-electron chi connectivity index (χ3n) is 4.08. The highest BCUT2D eigenvalue weighted by atomic mass is 16.5.